The van der Waals surface area contributed by atoms with Crippen LogP contribution < -0.4 is 5.69 Å². The van der Waals surface area contributed by atoms with Gasteiger partial charge in [0.2, 0.25) is 0 Å². The molecule has 0 aliphatic heterocycles. The lowest BCUT2D eigenvalue weighted by atomic mass is 10.2. The predicted molar refractivity (Wildman–Crippen MR) is 55.2 cm³/mol. The van der Waals surface area contributed by atoms with Gasteiger partial charge in [0.1, 0.15) is 0 Å². The Labute approximate surface area is 81.6 Å². The number of aromatic nitrogens is 3. The molecule has 0 aliphatic rings. The van der Waals surface area contributed by atoms with Crippen LogP contribution in [0.15, 0.2) is 23.3 Å². The van der Waals surface area contributed by atoms with Gasteiger partial charge in [-0.15, -0.1) is 0 Å². The summed E-state index contributed by atoms with van der Waals surface area (Å²) in [5.41, 5.74) is 1.68. The van der Waals surface area contributed by atoms with Crippen LogP contribution in [0.2, 0.25) is 0 Å². The second kappa shape index (κ2) is 3.29. The van der Waals surface area contributed by atoms with E-state index in [0.717, 1.165) is 17.6 Å². The Bertz CT molecular complexity index is 495. The van der Waals surface area contributed by atoms with Crippen molar-refractivity contribution in [3.63, 3.8) is 0 Å². The Morgan fingerprint density at radius 3 is 3.07 bits per heavy atom. The quantitative estimate of drug-likeness (QED) is 0.779. The number of rotatable bonds is 2. The van der Waals surface area contributed by atoms with E-state index in [1.54, 1.807) is 17.0 Å². The maximum absolute atomic E-state index is 11.6. The highest BCUT2D eigenvalue weighted by Crippen LogP contribution is 2.08. The largest absolute Gasteiger partial charge is 0.326 e. The second-order valence-corrected chi connectivity index (χ2v) is 3.83. The summed E-state index contributed by atoms with van der Waals surface area (Å²) in [6, 6.07) is 1.81. The van der Waals surface area contributed by atoms with Crippen molar-refractivity contribution in [1.82, 2.24) is 14.5 Å². The number of hydrogen-bond donors (Lipinski definition) is 1. The molecule has 0 bridgehead atoms. The van der Waals surface area contributed by atoms with E-state index in [4.69, 9.17) is 0 Å². The van der Waals surface area contributed by atoms with Crippen molar-refractivity contribution >= 4 is 11.0 Å². The first-order valence-corrected chi connectivity index (χ1v) is 4.71. The number of aromatic amines is 1. The first kappa shape index (κ1) is 8.99. The summed E-state index contributed by atoms with van der Waals surface area (Å²) in [7, 11) is 0. The average molecular weight is 191 g/mol. The molecule has 0 unspecified atom stereocenters. The molecule has 2 aromatic rings. The molecular formula is C10H13N3O. The standard InChI is InChI=1S/C10H13N3O/c1-7(2)6-13-9-5-11-4-3-8(9)12-10(13)14/h3-5,7H,6H2,1-2H3,(H,12,14). The summed E-state index contributed by atoms with van der Waals surface area (Å²) in [6.45, 7) is 4.90. The molecule has 1 N–H and O–H groups in total. The van der Waals surface area contributed by atoms with E-state index in [1.165, 1.54) is 0 Å². The van der Waals surface area contributed by atoms with E-state index in [1.807, 2.05) is 6.07 Å². The minimum absolute atomic E-state index is 0.0540. The summed E-state index contributed by atoms with van der Waals surface area (Å²) in [6.07, 6.45) is 3.40. The summed E-state index contributed by atoms with van der Waals surface area (Å²) in [5, 5.41) is 0. The molecule has 0 saturated heterocycles. The number of H-pyrrole nitrogens is 1. The average Bonchev–Trinajstić information content (AvgIpc) is 2.43. The Morgan fingerprint density at radius 1 is 1.57 bits per heavy atom. The summed E-state index contributed by atoms with van der Waals surface area (Å²) in [4.78, 5) is 18.4. The van der Waals surface area contributed by atoms with Gasteiger partial charge in [-0.3, -0.25) is 9.55 Å². The number of nitrogens with one attached hydrogen (secondary N) is 1. The van der Waals surface area contributed by atoms with Crippen LogP contribution in [-0.4, -0.2) is 14.5 Å². The molecule has 0 saturated carbocycles. The third kappa shape index (κ3) is 1.43. The van der Waals surface area contributed by atoms with Gasteiger partial charge in [0.05, 0.1) is 17.2 Å². The molecule has 0 spiro atoms. The molecule has 0 atom stereocenters. The van der Waals surface area contributed by atoms with E-state index in [0.29, 0.717) is 5.92 Å². The van der Waals surface area contributed by atoms with E-state index >= 15 is 0 Å². The lowest BCUT2D eigenvalue weighted by molar-refractivity contribution is 0.522. The highest BCUT2D eigenvalue weighted by Gasteiger charge is 2.06. The molecule has 0 aliphatic carbocycles. The number of imidazole rings is 1. The lowest BCUT2D eigenvalue weighted by Crippen LogP contribution is -2.19. The smallest absolute Gasteiger partial charge is 0.305 e. The van der Waals surface area contributed by atoms with Crippen LogP contribution in [0.5, 0.6) is 0 Å². The normalized spacial score (nSPS) is 11.4. The third-order valence-corrected chi connectivity index (χ3v) is 2.13. The van der Waals surface area contributed by atoms with E-state index < -0.39 is 0 Å². The molecule has 0 fully saturated rings. The Hall–Kier alpha value is -1.58. The van der Waals surface area contributed by atoms with E-state index in [2.05, 4.69) is 23.8 Å². The van der Waals surface area contributed by atoms with Gasteiger partial charge in [0.15, 0.2) is 0 Å². The fraction of sp³-hybridized carbons (Fsp3) is 0.400. The topological polar surface area (TPSA) is 50.7 Å². The van der Waals surface area contributed by atoms with Crippen molar-refractivity contribution in [2.75, 3.05) is 0 Å². The highest BCUT2D eigenvalue weighted by molar-refractivity contribution is 5.73. The van der Waals surface area contributed by atoms with Crippen LogP contribution in [-0.2, 0) is 6.54 Å². The van der Waals surface area contributed by atoms with Crippen LogP contribution >= 0.6 is 0 Å². The van der Waals surface area contributed by atoms with Gasteiger partial charge < -0.3 is 4.98 Å². The van der Waals surface area contributed by atoms with Crippen LogP contribution in [0.4, 0.5) is 0 Å². The summed E-state index contributed by atoms with van der Waals surface area (Å²) in [5.74, 6) is 0.451. The van der Waals surface area contributed by atoms with Crippen molar-refractivity contribution in [3.8, 4) is 0 Å². The van der Waals surface area contributed by atoms with Crippen molar-refractivity contribution in [2.24, 2.45) is 5.92 Å². The van der Waals surface area contributed by atoms with Gasteiger partial charge >= 0.3 is 5.69 Å². The Balaban J connectivity index is 2.62. The molecular weight excluding hydrogens is 178 g/mol. The minimum Gasteiger partial charge on any atom is -0.305 e. The van der Waals surface area contributed by atoms with E-state index in [9.17, 15) is 4.79 Å². The number of fused-ring (bicyclic) bond motifs is 1. The van der Waals surface area contributed by atoms with Crippen LogP contribution in [0.1, 0.15) is 13.8 Å². The van der Waals surface area contributed by atoms with E-state index in [-0.39, 0.29) is 5.69 Å². The molecule has 2 heterocycles. The first-order valence-electron chi connectivity index (χ1n) is 4.71. The summed E-state index contributed by atoms with van der Waals surface area (Å²) >= 11 is 0. The minimum atomic E-state index is -0.0540. The van der Waals surface area contributed by atoms with Crippen LogP contribution in [0, 0.1) is 5.92 Å². The van der Waals surface area contributed by atoms with Crippen LogP contribution in [0.3, 0.4) is 0 Å². The second-order valence-electron chi connectivity index (χ2n) is 3.83. The van der Waals surface area contributed by atoms with Gasteiger partial charge in [0.25, 0.3) is 0 Å². The first-order chi connectivity index (χ1) is 6.68. The monoisotopic (exact) mass is 191 g/mol. The Morgan fingerprint density at radius 2 is 2.36 bits per heavy atom. The molecule has 74 valence electrons. The molecule has 2 aromatic heterocycles. The lowest BCUT2D eigenvalue weighted by Gasteiger charge is -2.05. The van der Waals surface area contributed by atoms with Crippen molar-refractivity contribution in [2.45, 2.75) is 20.4 Å². The van der Waals surface area contributed by atoms with Crippen LogP contribution in [0.25, 0.3) is 11.0 Å². The molecule has 14 heavy (non-hydrogen) atoms. The molecule has 4 heteroatoms. The van der Waals surface area contributed by atoms with Gasteiger partial charge in [0, 0.05) is 12.7 Å². The zero-order chi connectivity index (χ0) is 10.1. The van der Waals surface area contributed by atoms with Crippen molar-refractivity contribution in [3.05, 3.63) is 28.9 Å². The SMILES string of the molecule is CC(C)Cn1c(=O)[nH]c2ccncc21. The molecule has 0 amide bonds. The van der Waals surface area contributed by atoms with Gasteiger partial charge in [-0.25, -0.2) is 4.79 Å². The fourth-order valence-electron chi connectivity index (χ4n) is 1.55. The molecule has 0 radical (unpaired) electrons. The number of hydrogen-bond acceptors (Lipinski definition) is 2. The fourth-order valence-corrected chi connectivity index (χ4v) is 1.55. The van der Waals surface area contributed by atoms with Crippen molar-refractivity contribution < 1.29 is 0 Å². The molecule has 4 nitrogen and oxygen atoms in total. The zero-order valence-electron chi connectivity index (χ0n) is 8.32. The van der Waals surface area contributed by atoms with Gasteiger partial charge in [-0.05, 0) is 12.0 Å². The third-order valence-electron chi connectivity index (χ3n) is 2.13. The van der Waals surface area contributed by atoms with Crippen molar-refractivity contribution in [1.29, 1.82) is 0 Å². The van der Waals surface area contributed by atoms with Gasteiger partial charge in [-0.1, -0.05) is 13.8 Å². The molecule has 2 rings (SSSR count). The summed E-state index contributed by atoms with van der Waals surface area (Å²) < 4.78 is 1.73. The Kier molecular flexibility index (Phi) is 2.11. The maximum Gasteiger partial charge on any atom is 0.326 e. The molecule has 0 aromatic carbocycles. The maximum atomic E-state index is 11.6. The van der Waals surface area contributed by atoms with Gasteiger partial charge in [-0.2, -0.15) is 0 Å². The predicted octanol–water partition coefficient (Wildman–Crippen LogP) is 1.38. The highest BCUT2D eigenvalue weighted by atomic mass is 16.1. The zero-order valence-corrected chi connectivity index (χ0v) is 8.32. The number of nitrogens with zero attached hydrogens (tertiary/aromatic N) is 2. The number of pyridine rings is 1.